The third-order valence-corrected chi connectivity index (χ3v) is 3.06. The van der Waals surface area contributed by atoms with Crippen LogP contribution < -0.4 is 0 Å². The maximum Gasteiger partial charge on any atom is 0.354 e. The quantitative estimate of drug-likeness (QED) is 0.761. The van der Waals surface area contributed by atoms with Crippen LogP contribution in [0.4, 0.5) is 0 Å². The monoisotopic (exact) mass is 253 g/mol. The van der Waals surface area contributed by atoms with Crippen molar-refractivity contribution < 1.29 is 9.90 Å². The second-order valence-electron chi connectivity index (χ2n) is 4.29. The lowest BCUT2D eigenvalue weighted by atomic mass is 10.0. The van der Waals surface area contributed by atoms with E-state index in [1.165, 1.54) is 4.52 Å². The predicted octanol–water partition coefficient (Wildman–Crippen LogP) is 2.40. The van der Waals surface area contributed by atoms with Crippen LogP contribution >= 0.6 is 0 Å². The van der Waals surface area contributed by atoms with E-state index in [1.807, 2.05) is 19.1 Å². The predicted molar refractivity (Wildman–Crippen MR) is 70.1 cm³/mol. The zero-order chi connectivity index (χ0) is 13.4. The third-order valence-electron chi connectivity index (χ3n) is 3.06. The van der Waals surface area contributed by atoms with E-state index >= 15 is 0 Å². The van der Waals surface area contributed by atoms with Crippen molar-refractivity contribution >= 4 is 11.5 Å². The van der Waals surface area contributed by atoms with Crippen LogP contribution in [0.15, 0.2) is 42.9 Å². The lowest BCUT2D eigenvalue weighted by Crippen LogP contribution is -2.06. The van der Waals surface area contributed by atoms with E-state index in [0.717, 1.165) is 22.2 Å². The van der Waals surface area contributed by atoms with Gasteiger partial charge in [0.1, 0.15) is 0 Å². The molecule has 0 saturated carbocycles. The standard InChI is InChI=1S/C14H11N3O2/c1-9-2-4-15-8-12(9)10-6-11-3-5-16-17(11)13(7-10)14(18)19/h2-8H,1H3,(H,18,19). The van der Waals surface area contributed by atoms with E-state index in [9.17, 15) is 9.90 Å². The molecule has 5 nitrogen and oxygen atoms in total. The first-order valence-electron chi connectivity index (χ1n) is 5.79. The summed E-state index contributed by atoms with van der Waals surface area (Å²) in [4.78, 5) is 15.4. The Bertz CT molecular complexity index is 777. The molecule has 3 aromatic heterocycles. The second-order valence-corrected chi connectivity index (χ2v) is 4.29. The fourth-order valence-corrected chi connectivity index (χ4v) is 2.11. The molecule has 3 heterocycles. The molecule has 0 saturated heterocycles. The van der Waals surface area contributed by atoms with Gasteiger partial charge in [-0.05, 0) is 42.3 Å². The molecule has 3 rings (SSSR count). The van der Waals surface area contributed by atoms with E-state index in [4.69, 9.17) is 0 Å². The molecule has 5 heteroatoms. The van der Waals surface area contributed by atoms with E-state index in [-0.39, 0.29) is 5.69 Å². The Kier molecular flexibility index (Phi) is 2.52. The first kappa shape index (κ1) is 11.4. The van der Waals surface area contributed by atoms with Crippen molar-refractivity contribution in [2.75, 3.05) is 0 Å². The summed E-state index contributed by atoms with van der Waals surface area (Å²) in [6, 6.07) is 7.20. The van der Waals surface area contributed by atoms with Gasteiger partial charge in [0, 0.05) is 18.0 Å². The highest BCUT2D eigenvalue weighted by Crippen LogP contribution is 2.25. The van der Waals surface area contributed by atoms with Gasteiger partial charge in [0.05, 0.1) is 11.7 Å². The number of carboxylic acid groups (broad SMARTS) is 1. The van der Waals surface area contributed by atoms with Gasteiger partial charge in [-0.1, -0.05) is 0 Å². The molecule has 94 valence electrons. The molecule has 0 aliphatic heterocycles. The van der Waals surface area contributed by atoms with Crippen molar-refractivity contribution in [1.29, 1.82) is 0 Å². The summed E-state index contributed by atoms with van der Waals surface area (Å²) in [6.07, 6.45) is 5.04. The number of aromatic nitrogens is 3. The molecule has 0 atom stereocenters. The average molecular weight is 253 g/mol. The molecule has 0 aliphatic carbocycles. The van der Waals surface area contributed by atoms with Gasteiger partial charge in [0.15, 0.2) is 5.69 Å². The van der Waals surface area contributed by atoms with Gasteiger partial charge in [0.25, 0.3) is 0 Å². The highest BCUT2D eigenvalue weighted by Gasteiger charge is 2.13. The summed E-state index contributed by atoms with van der Waals surface area (Å²) in [7, 11) is 0. The number of fused-ring (bicyclic) bond motifs is 1. The minimum absolute atomic E-state index is 0.140. The van der Waals surface area contributed by atoms with Gasteiger partial charge >= 0.3 is 5.97 Å². The first-order valence-corrected chi connectivity index (χ1v) is 5.79. The van der Waals surface area contributed by atoms with Crippen LogP contribution in [0, 0.1) is 6.92 Å². The summed E-state index contributed by atoms with van der Waals surface area (Å²) < 4.78 is 1.41. The van der Waals surface area contributed by atoms with E-state index in [0.29, 0.717) is 0 Å². The Morgan fingerprint density at radius 1 is 1.26 bits per heavy atom. The number of carbonyl (C=O) groups is 1. The maximum absolute atomic E-state index is 11.3. The Balaban J connectivity index is 2.31. The van der Waals surface area contributed by atoms with Crippen molar-refractivity contribution in [3.05, 3.63) is 54.1 Å². The normalized spacial score (nSPS) is 10.8. The summed E-state index contributed by atoms with van der Waals surface area (Å²) in [5.41, 5.74) is 3.69. The number of aryl methyl sites for hydroxylation is 1. The maximum atomic E-state index is 11.3. The number of pyridine rings is 2. The van der Waals surface area contributed by atoms with Crippen LogP contribution in [0.3, 0.4) is 0 Å². The summed E-state index contributed by atoms with van der Waals surface area (Å²) in [5.74, 6) is -1.00. The highest BCUT2D eigenvalue weighted by molar-refractivity contribution is 5.89. The van der Waals surface area contributed by atoms with Gasteiger partial charge in [-0.2, -0.15) is 5.10 Å². The minimum Gasteiger partial charge on any atom is -0.477 e. The molecule has 3 aromatic rings. The number of carboxylic acids is 1. The number of rotatable bonds is 2. The van der Waals surface area contributed by atoms with Crippen molar-refractivity contribution in [3.63, 3.8) is 0 Å². The Labute approximate surface area is 109 Å². The van der Waals surface area contributed by atoms with Crippen LogP contribution in [-0.4, -0.2) is 25.7 Å². The second kappa shape index (κ2) is 4.20. The number of aromatic carboxylic acids is 1. The van der Waals surface area contributed by atoms with Gasteiger partial charge < -0.3 is 5.11 Å². The van der Waals surface area contributed by atoms with Crippen molar-refractivity contribution in [3.8, 4) is 11.1 Å². The lowest BCUT2D eigenvalue weighted by molar-refractivity contribution is 0.0687. The van der Waals surface area contributed by atoms with Crippen LogP contribution in [-0.2, 0) is 0 Å². The smallest absolute Gasteiger partial charge is 0.354 e. The molecule has 0 fully saturated rings. The lowest BCUT2D eigenvalue weighted by Gasteiger charge is -2.08. The molecule has 0 spiro atoms. The molecule has 19 heavy (non-hydrogen) atoms. The zero-order valence-corrected chi connectivity index (χ0v) is 10.2. The van der Waals surface area contributed by atoms with Crippen LogP contribution in [0.25, 0.3) is 16.6 Å². The molecule has 0 radical (unpaired) electrons. The Morgan fingerprint density at radius 2 is 2.11 bits per heavy atom. The Hall–Kier alpha value is -2.69. The molecule has 1 N–H and O–H groups in total. The summed E-state index contributed by atoms with van der Waals surface area (Å²) in [5, 5.41) is 13.3. The van der Waals surface area contributed by atoms with Gasteiger partial charge in [0.2, 0.25) is 0 Å². The SMILES string of the molecule is Cc1ccncc1-c1cc(C(=O)O)n2nccc2c1. The van der Waals surface area contributed by atoms with E-state index in [2.05, 4.69) is 10.1 Å². The number of nitrogens with zero attached hydrogens (tertiary/aromatic N) is 3. The highest BCUT2D eigenvalue weighted by atomic mass is 16.4. The molecule has 0 amide bonds. The fraction of sp³-hybridized carbons (Fsp3) is 0.0714. The third kappa shape index (κ3) is 1.85. The molecule has 0 aliphatic rings. The fourth-order valence-electron chi connectivity index (χ4n) is 2.11. The van der Waals surface area contributed by atoms with Crippen molar-refractivity contribution in [1.82, 2.24) is 14.6 Å². The van der Waals surface area contributed by atoms with Gasteiger partial charge in [-0.15, -0.1) is 0 Å². The van der Waals surface area contributed by atoms with Crippen LogP contribution in [0.1, 0.15) is 16.1 Å². The molecule has 0 bridgehead atoms. The summed E-state index contributed by atoms with van der Waals surface area (Å²) in [6.45, 7) is 1.97. The zero-order valence-electron chi connectivity index (χ0n) is 10.2. The number of hydrogen-bond donors (Lipinski definition) is 1. The average Bonchev–Trinajstić information content (AvgIpc) is 2.86. The van der Waals surface area contributed by atoms with E-state index < -0.39 is 5.97 Å². The van der Waals surface area contributed by atoms with Gasteiger partial charge in [-0.3, -0.25) is 4.98 Å². The summed E-state index contributed by atoms with van der Waals surface area (Å²) >= 11 is 0. The Morgan fingerprint density at radius 3 is 2.84 bits per heavy atom. The van der Waals surface area contributed by atoms with Crippen LogP contribution in [0.2, 0.25) is 0 Å². The largest absolute Gasteiger partial charge is 0.477 e. The number of hydrogen-bond acceptors (Lipinski definition) is 3. The van der Waals surface area contributed by atoms with Crippen LogP contribution in [0.5, 0.6) is 0 Å². The first-order chi connectivity index (χ1) is 9.16. The topological polar surface area (TPSA) is 67.5 Å². The van der Waals surface area contributed by atoms with Crippen molar-refractivity contribution in [2.24, 2.45) is 0 Å². The van der Waals surface area contributed by atoms with Gasteiger partial charge in [-0.25, -0.2) is 9.31 Å². The van der Waals surface area contributed by atoms with E-state index in [1.54, 1.807) is 30.7 Å². The molecular weight excluding hydrogens is 242 g/mol. The minimum atomic E-state index is -1.00. The molecule has 0 aromatic carbocycles. The molecular formula is C14H11N3O2. The van der Waals surface area contributed by atoms with Crippen molar-refractivity contribution in [2.45, 2.75) is 6.92 Å². The molecule has 0 unspecified atom stereocenters.